The predicted molar refractivity (Wildman–Crippen MR) is 57.0 cm³/mol. The van der Waals surface area contributed by atoms with Crippen molar-refractivity contribution < 1.29 is 9.90 Å². The number of Topliss-reactive ketones (excluding diaryl/α,β-unsaturated/α-hetero) is 1. The van der Waals surface area contributed by atoms with E-state index in [-0.39, 0.29) is 12.4 Å². The summed E-state index contributed by atoms with van der Waals surface area (Å²) in [6.45, 7) is 1.33. The highest BCUT2D eigenvalue weighted by molar-refractivity contribution is 6.35. The monoisotopic (exact) mass is 232 g/mol. The number of hydrogen-bond donors (Lipinski definition) is 1. The van der Waals surface area contributed by atoms with Gasteiger partial charge in [-0.3, -0.25) is 4.79 Å². The maximum Gasteiger partial charge on any atom is 0.180 e. The molecule has 0 saturated heterocycles. The number of carbonyl (C=O) groups is 1. The Bertz CT molecular complexity index is 348. The third kappa shape index (κ3) is 2.27. The van der Waals surface area contributed by atoms with Gasteiger partial charge < -0.3 is 5.11 Å². The van der Waals surface area contributed by atoms with Crippen LogP contribution in [0.25, 0.3) is 0 Å². The van der Waals surface area contributed by atoms with Crippen LogP contribution in [-0.2, 0) is 6.61 Å². The largest absolute Gasteiger partial charge is 0.392 e. The third-order valence-electron chi connectivity index (χ3n) is 1.90. The van der Waals surface area contributed by atoms with Gasteiger partial charge in [-0.1, -0.05) is 23.7 Å². The molecule has 1 aromatic rings. The van der Waals surface area contributed by atoms with Crippen molar-refractivity contribution in [2.24, 2.45) is 0 Å². The first-order valence-electron chi connectivity index (χ1n) is 4.14. The Morgan fingerprint density at radius 2 is 2.21 bits per heavy atom. The SMILES string of the molecule is CC(Cl)C(=O)c1cccc(Cl)c1CO. The van der Waals surface area contributed by atoms with Gasteiger partial charge in [0.25, 0.3) is 0 Å². The number of hydrogen-bond acceptors (Lipinski definition) is 2. The summed E-state index contributed by atoms with van der Waals surface area (Å²) in [4.78, 5) is 11.6. The van der Waals surface area contributed by atoms with E-state index in [9.17, 15) is 4.79 Å². The maximum atomic E-state index is 11.6. The molecule has 0 radical (unpaired) electrons. The summed E-state index contributed by atoms with van der Waals surface area (Å²) in [6.07, 6.45) is 0. The standard InChI is InChI=1S/C10H10Cl2O2/c1-6(11)10(14)7-3-2-4-9(12)8(7)5-13/h2-4,6,13H,5H2,1H3. The Labute approximate surface area is 92.5 Å². The molecule has 0 heterocycles. The molecule has 0 amide bonds. The van der Waals surface area contributed by atoms with Crippen molar-refractivity contribution in [3.05, 3.63) is 34.3 Å². The van der Waals surface area contributed by atoms with Crippen LogP contribution in [0.3, 0.4) is 0 Å². The zero-order valence-corrected chi connectivity index (χ0v) is 9.14. The summed E-state index contributed by atoms with van der Waals surface area (Å²) in [7, 11) is 0. The predicted octanol–water partition coefficient (Wildman–Crippen LogP) is 2.64. The second-order valence-electron chi connectivity index (χ2n) is 2.90. The molecule has 0 bridgehead atoms. The topological polar surface area (TPSA) is 37.3 Å². The molecule has 0 aliphatic carbocycles. The molecule has 0 aliphatic rings. The van der Waals surface area contributed by atoms with Crippen molar-refractivity contribution in [3.63, 3.8) is 0 Å². The lowest BCUT2D eigenvalue weighted by molar-refractivity contribution is 0.0988. The number of aliphatic hydroxyl groups excluding tert-OH is 1. The molecule has 0 saturated carbocycles. The summed E-state index contributed by atoms with van der Waals surface area (Å²) >= 11 is 11.5. The second-order valence-corrected chi connectivity index (χ2v) is 3.97. The van der Waals surface area contributed by atoms with Crippen LogP contribution in [-0.4, -0.2) is 16.3 Å². The highest BCUT2D eigenvalue weighted by Gasteiger charge is 2.17. The summed E-state index contributed by atoms with van der Waals surface area (Å²) in [5.74, 6) is -0.224. The average Bonchev–Trinajstić information content (AvgIpc) is 2.16. The van der Waals surface area contributed by atoms with Gasteiger partial charge in [0.15, 0.2) is 5.78 Å². The number of ketones is 1. The normalized spacial score (nSPS) is 12.6. The maximum absolute atomic E-state index is 11.6. The zero-order chi connectivity index (χ0) is 10.7. The molecule has 1 atom stereocenters. The van der Waals surface area contributed by atoms with Gasteiger partial charge in [0, 0.05) is 16.1 Å². The fourth-order valence-corrected chi connectivity index (χ4v) is 1.52. The molecule has 76 valence electrons. The second kappa shape index (κ2) is 4.78. The Kier molecular flexibility index (Phi) is 3.93. The summed E-state index contributed by atoms with van der Waals surface area (Å²) in [6, 6.07) is 4.90. The summed E-state index contributed by atoms with van der Waals surface area (Å²) < 4.78 is 0. The fourth-order valence-electron chi connectivity index (χ4n) is 1.16. The smallest absolute Gasteiger partial charge is 0.180 e. The molecule has 0 aliphatic heterocycles. The van der Waals surface area contributed by atoms with Crippen molar-refractivity contribution in [2.75, 3.05) is 0 Å². The van der Waals surface area contributed by atoms with Gasteiger partial charge in [-0.25, -0.2) is 0 Å². The first-order valence-corrected chi connectivity index (χ1v) is 4.96. The summed E-state index contributed by atoms with van der Waals surface area (Å²) in [5.41, 5.74) is 0.828. The van der Waals surface area contributed by atoms with Crippen LogP contribution in [0.4, 0.5) is 0 Å². The lowest BCUT2D eigenvalue weighted by atomic mass is 10.0. The molecule has 1 N–H and O–H groups in total. The van der Waals surface area contributed by atoms with E-state index in [0.29, 0.717) is 16.1 Å². The van der Waals surface area contributed by atoms with Crippen molar-refractivity contribution in [1.82, 2.24) is 0 Å². The van der Waals surface area contributed by atoms with Crippen LogP contribution < -0.4 is 0 Å². The van der Waals surface area contributed by atoms with Crippen LogP contribution in [0.2, 0.25) is 5.02 Å². The summed E-state index contributed by atoms with van der Waals surface area (Å²) in [5, 5.41) is 8.82. The minimum absolute atomic E-state index is 0.224. The average molecular weight is 233 g/mol. The first-order chi connectivity index (χ1) is 6.57. The Balaban J connectivity index is 3.20. The van der Waals surface area contributed by atoms with E-state index in [1.54, 1.807) is 25.1 Å². The van der Waals surface area contributed by atoms with E-state index in [0.717, 1.165) is 0 Å². The van der Waals surface area contributed by atoms with Crippen LogP contribution in [0.15, 0.2) is 18.2 Å². The molecule has 1 rings (SSSR count). The zero-order valence-electron chi connectivity index (χ0n) is 7.63. The van der Waals surface area contributed by atoms with Gasteiger partial charge in [0.1, 0.15) is 0 Å². The van der Waals surface area contributed by atoms with Gasteiger partial charge in [0.2, 0.25) is 0 Å². The van der Waals surface area contributed by atoms with Gasteiger partial charge in [0.05, 0.1) is 12.0 Å². The first kappa shape index (κ1) is 11.5. The Morgan fingerprint density at radius 3 is 2.71 bits per heavy atom. The van der Waals surface area contributed by atoms with Crippen molar-refractivity contribution in [2.45, 2.75) is 18.9 Å². The molecule has 4 heteroatoms. The number of rotatable bonds is 3. The molecular weight excluding hydrogens is 223 g/mol. The molecule has 1 aromatic carbocycles. The third-order valence-corrected chi connectivity index (χ3v) is 2.46. The number of aliphatic hydroxyl groups is 1. The van der Waals surface area contributed by atoms with Crippen LogP contribution >= 0.6 is 23.2 Å². The van der Waals surface area contributed by atoms with Gasteiger partial charge in [-0.15, -0.1) is 11.6 Å². The van der Waals surface area contributed by atoms with Gasteiger partial charge in [-0.2, -0.15) is 0 Å². The van der Waals surface area contributed by atoms with Crippen molar-refractivity contribution in [3.8, 4) is 0 Å². The van der Waals surface area contributed by atoms with E-state index in [1.807, 2.05) is 0 Å². The highest BCUT2D eigenvalue weighted by atomic mass is 35.5. The van der Waals surface area contributed by atoms with Crippen molar-refractivity contribution >= 4 is 29.0 Å². The highest BCUT2D eigenvalue weighted by Crippen LogP contribution is 2.22. The van der Waals surface area contributed by atoms with Gasteiger partial charge >= 0.3 is 0 Å². The van der Waals surface area contributed by atoms with Crippen LogP contribution in [0.1, 0.15) is 22.8 Å². The number of halogens is 2. The Morgan fingerprint density at radius 1 is 1.57 bits per heavy atom. The lowest BCUT2D eigenvalue weighted by Crippen LogP contribution is -2.13. The lowest BCUT2D eigenvalue weighted by Gasteiger charge is -2.08. The van der Waals surface area contributed by atoms with Crippen LogP contribution in [0.5, 0.6) is 0 Å². The number of carbonyl (C=O) groups excluding carboxylic acids is 1. The quantitative estimate of drug-likeness (QED) is 0.643. The van der Waals surface area contributed by atoms with E-state index in [2.05, 4.69) is 0 Å². The molecule has 14 heavy (non-hydrogen) atoms. The van der Waals surface area contributed by atoms with Crippen LogP contribution in [0, 0.1) is 0 Å². The molecule has 1 unspecified atom stereocenters. The molecule has 0 aromatic heterocycles. The number of benzene rings is 1. The van der Waals surface area contributed by atoms with E-state index in [1.165, 1.54) is 0 Å². The van der Waals surface area contributed by atoms with Crippen molar-refractivity contribution in [1.29, 1.82) is 0 Å². The van der Waals surface area contributed by atoms with E-state index in [4.69, 9.17) is 28.3 Å². The Hall–Kier alpha value is -0.570. The number of alkyl halides is 1. The molecule has 0 fully saturated rings. The minimum Gasteiger partial charge on any atom is -0.392 e. The van der Waals surface area contributed by atoms with Gasteiger partial charge in [-0.05, 0) is 13.0 Å². The molecular formula is C10H10Cl2O2. The molecule has 0 spiro atoms. The van der Waals surface area contributed by atoms with E-state index < -0.39 is 5.38 Å². The van der Waals surface area contributed by atoms with E-state index >= 15 is 0 Å². The molecule has 2 nitrogen and oxygen atoms in total. The fraction of sp³-hybridized carbons (Fsp3) is 0.300. The minimum atomic E-state index is -0.612.